The van der Waals surface area contributed by atoms with E-state index in [1.165, 1.54) is 0 Å². The van der Waals surface area contributed by atoms with Gasteiger partial charge >= 0.3 is 0 Å². The van der Waals surface area contributed by atoms with Crippen LogP contribution in [0.4, 0.5) is 0 Å². The van der Waals surface area contributed by atoms with Gasteiger partial charge in [-0.1, -0.05) is 60.1 Å². The average Bonchev–Trinajstić information content (AvgIpc) is 2.76. The highest BCUT2D eigenvalue weighted by Gasteiger charge is 2.43. The van der Waals surface area contributed by atoms with Crippen molar-refractivity contribution >= 4 is 22.4 Å². The maximum absolute atomic E-state index is 10.9. The second-order valence-corrected chi connectivity index (χ2v) is 9.01. The van der Waals surface area contributed by atoms with Crippen LogP contribution in [0, 0.1) is 0 Å². The first-order chi connectivity index (χ1) is 14.5. The number of β-amino-alcohol motifs (C(OH)–C–C–N with tert-alkyl or cyclic N) is 1. The highest BCUT2D eigenvalue weighted by Crippen LogP contribution is 2.47. The van der Waals surface area contributed by atoms with Gasteiger partial charge in [0.15, 0.2) is 0 Å². The Hall–Kier alpha value is -2.11. The zero-order chi connectivity index (χ0) is 20.7. The summed E-state index contributed by atoms with van der Waals surface area (Å²) in [6.07, 6.45) is 1.23. The minimum atomic E-state index is -0.543. The molecule has 2 heterocycles. The van der Waals surface area contributed by atoms with Crippen molar-refractivity contribution in [1.82, 2.24) is 4.90 Å². The normalized spacial score (nSPS) is 21.9. The summed E-state index contributed by atoms with van der Waals surface area (Å²) in [5.74, 6) is 0.835. The molecule has 5 rings (SSSR count). The topological polar surface area (TPSA) is 52.9 Å². The minimum Gasteiger partial charge on any atom is -0.486 e. The first-order valence-corrected chi connectivity index (χ1v) is 11.0. The van der Waals surface area contributed by atoms with E-state index in [4.69, 9.17) is 16.3 Å². The van der Waals surface area contributed by atoms with E-state index in [0.29, 0.717) is 18.0 Å². The molecule has 1 saturated heterocycles. The van der Waals surface area contributed by atoms with E-state index in [1.54, 1.807) is 0 Å². The van der Waals surface area contributed by atoms with Gasteiger partial charge in [0.2, 0.25) is 0 Å². The molecule has 0 aliphatic carbocycles. The SMILES string of the molecule is O[C@H](CN1CCC2(CC1)C[C@@H](O)c1ccc3ccccc3c1O2)c1ccc(Cl)cc1. The van der Waals surface area contributed by atoms with Crippen molar-refractivity contribution in [3.63, 3.8) is 0 Å². The van der Waals surface area contributed by atoms with Crippen molar-refractivity contribution in [3.05, 3.63) is 76.8 Å². The summed E-state index contributed by atoms with van der Waals surface area (Å²) in [6.45, 7) is 2.24. The molecule has 2 aliphatic heterocycles. The van der Waals surface area contributed by atoms with E-state index >= 15 is 0 Å². The second-order valence-electron chi connectivity index (χ2n) is 8.58. The van der Waals surface area contributed by atoms with Gasteiger partial charge in [0.1, 0.15) is 11.4 Å². The number of aliphatic hydroxyl groups excluding tert-OH is 2. The number of benzene rings is 3. The van der Waals surface area contributed by atoms with Gasteiger partial charge in [-0.2, -0.15) is 0 Å². The Bertz CT molecular complexity index is 1040. The third kappa shape index (κ3) is 3.69. The van der Waals surface area contributed by atoms with E-state index in [1.807, 2.05) is 42.5 Å². The van der Waals surface area contributed by atoms with Crippen LogP contribution in [0.3, 0.4) is 0 Å². The van der Waals surface area contributed by atoms with E-state index in [0.717, 1.165) is 53.6 Å². The molecule has 0 radical (unpaired) electrons. The first-order valence-electron chi connectivity index (χ1n) is 10.6. The molecule has 3 aromatic carbocycles. The van der Waals surface area contributed by atoms with Crippen LogP contribution in [0.1, 0.15) is 42.6 Å². The molecule has 5 heteroatoms. The number of aliphatic hydroxyl groups is 2. The maximum atomic E-state index is 10.9. The molecule has 30 heavy (non-hydrogen) atoms. The highest BCUT2D eigenvalue weighted by molar-refractivity contribution is 6.30. The lowest BCUT2D eigenvalue weighted by Crippen LogP contribution is -2.51. The Morgan fingerprint density at radius 1 is 1.03 bits per heavy atom. The number of likely N-dealkylation sites (tertiary alicyclic amines) is 1. The Morgan fingerprint density at radius 3 is 2.53 bits per heavy atom. The molecule has 2 atom stereocenters. The van der Waals surface area contributed by atoms with Crippen molar-refractivity contribution in [1.29, 1.82) is 0 Å². The smallest absolute Gasteiger partial charge is 0.133 e. The molecule has 4 nitrogen and oxygen atoms in total. The Morgan fingerprint density at radius 2 is 1.77 bits per heavy atom. The van der Waals surface area contributed by atoms with Gasteiger partial charge in [-0.25, -0.2) is 0 Å². The number of fused-ring (bicyclic) bond motifs is 3. The monoisotopic (exact) mass is 423 g/mol. The molecule has 3 aromatic rings. The zero-order valence-corrected chi connectivity index (χ0v) is 17.6. The van der Waals surface area contributed by atoms with Crippen molar-refractivity contribution in [2.75, 3.05) is 19.6 Å². The molecule has 2 aliphatic rings. The van der Waals surface area contributed by atoms with Crippen molar-refractivity contribution in [3.8, 4) is 5.75 Å². The van der Waals surface area contributed by atoms with Gasteiger partial charge in [0, 0.05) is 42.0 Å². The molecule has 0 aromatic heterocycles. The number of nitrogens with zero attached hydrogens (tertiary/aromatic N) is 1. The molecule has 1 spiro atoms. The van der Waals surface area contributed by atoms with Crippen LogP contribution in [0.5, 0.6) is 5.75 Å². The van der Waals surface area contributed by atoms with Crippen LogP contribution in [0.2, 0.25) is 5.02 Å². The summed E-state index contributed by atoms with van der Waals surface area (Å²) in [4.78, 5) is 2.28. The molecule has 156 valence electrons. The third-order valence-electron chi connectivity index (χ3n) is 6.61. The summed E-state index contributed by atoms with van der Waals surface area (Å²) < 4.78 is 6.63. The molecule has 2 N–H and O–H groups in total. The molecule has 0 unspecified atom stereocenters. The molecule has 0 saturated carbocycles. The van der Waals surface area contributed by atoms with Gasteiger partial charge in [0.25, 0.3) is 0 Å². The van der Waals surface area contributed by atoms with Crippen LogP contribution in [-0.2, 0) is 0 Å². The Balaban J connectivity index is 1.30. The standard InChI is InChI=1S/C25H26ClNO3/c26-19-8-5-18(6-9-19)23(29)16-27-13-11-25(12-14-27)15-22(28)21-10-7-17-3-1-2-4-20(17)24(21)30-25/h1-10,22-23,28-29H,11-16H2/t22-,23-/m1/s1. The lowest BCUT2D eigenvalue weighted by atomic mass is 9.81. The summed E-state index contributed by atoms with van der Waals surface area (Å²) in [5.41, 5.74) is 1.42. The minimum absolute atomic E-state index is 0.349. The predicted octanol–water partition coefficient (Wildman–Crippen LogP) is 4.88. The fraction of sp³-hybridized carbons (Fsp3) is 0.360. The van der Waals surface area contributed by atoms with Gasteiger partial charge < -0.3 is 19.8 Å². The van der Waals surface area contributed by atoms with Crippen molar-refractivity contribution < 1.29 is 14.9 Å². The van der Waals surface area contributed by atoms with Crippen LogP contribution in [0.15, 0.2) is 60.7 Å². The van der Waals surface area contributed by atoms with E-state index in [2.05, 4.69) is 23.1 Å². The van der Waals surface area contributed by atoms with Crippen LogP contribution in [-0.4, -0.2) is 40.3 Å². The average molecular weight is 424 g/mol. The molecular formula is C25H26ClNO3. The molecule has 0 amide bonds. The number of rotatable bonds is 3. The Kier molecular flexibility index (Phi) is 5.19. The maximum Gasteiger partial charge on any atom is 0.133 e. The largest absolute Gasteiger partial charge is 0.486 e. The Labute approximate surface area is 181 Å². The molecule has 0 bridgehead atoms. The number of halogens is 1. The van der Waals surface area contributed by atoms with Gasteiger partial charge in [-0.05, 0) is 35.9 Å². The van der Waals surface area contributed by atoms with E-state index < -0.39 is 12.2 Å². The number of hydrogen-bond acceptors (Lipinski definition) is 4. The van der Waals surface area contributed by atoms with Gasteiger partial charge in [0.05, 0.1) is 12.2 Å². The highest BCUT2D eigenvalue weighted by atomic mass is 35.5. The number of piperidine rings is 1. The summed E-state index contributed by atoms with van der Waals surface area (Å²) >= 11 is 5.95. The second kappa shape index (κ2) is 7.86. The van der Waals surface area contributed by atoms with E-state index in [9.17, 15) is 10.2 Å². The summed E-state index contributed by atoms with van der Waals surface area (Å²) in [7, 11) is 0. The summed E-state index contributed by atoms with van der Waals surface area (Å²) in [6, 6.07) is 19.6. The van der Waals surface area contributed by atoms with Gasteiger partial charge in [-0.15, -0.1) is 0 Å². The quantitative estimate of drug-likeness (QED) is 0.630. The molecular weight excluding hydrogens is 398 g/mol. The number of hydrogen-bond donors (Lipinski definition) is 2. The molecule has 1 fully saturated rings. The van der Waals surface area contributed by atoms with Crippen LogP contribution >= 0.6 is 11.6 Å². The van der Waals surface area contributed by atoms with Gasteiger partial charge in [-0.3, -0.25) is 0 Å². The predicted molar refractivity (Wildman–Crippen MR) is 119 cm³/mol. The fourth-order valence-electron chi connectivity index (χ4n) is 4.84. The van der Waals surface area contributed by atoms with Crippen LogP contribution in [0.25, 0.3) is 10.8 Å². The lowest BCUT2D eigenvalue weighted by Gasteiger charge is -2.46. The number of ether oxygens (including phenoxy) is 1. The first kappa shape index (κ1) is 19.8. The van der Waals surface area contributed by atoms with Crippen LogP contribution < -0.4 is 4.74 Å². The van der Waals surface area contributed by atoms with Crippen molar-refractivity contribution in [2.45, 2.75) is 37.1 Å². The third-order valence-corrected chi connectivity index (χ3v) is 6.86. The lowest BCUT2D eigenvalue weighted by molar-refractivity contribution is -0.0577. The van der Waals surface area contributed by atoms with Crippen molar-refractivity contribution in [2.24, 2.45) is 0 Å². The van der Waals surface area contributed by atoms with E-state index in [-0.39, 0.29) is 5.60 Å². The summed E-state index contributed by atoms with van der Waals surface area (Å²) in [5, 5.41) is 24.3. The fourth-order valence-corrected chi connectivity index (χ4v) is 4.97. The zero-order valence-electron chi connectivity index (χ0n) is 16.8.